The van der Waals surface area contributed by atoms with Crippen LogP contribution in [0.5, 0.6) is 0 Å². The molecular formula is C22H24FN5O2S. The molecule has 2 aromatic heterocycles. The number of carbonyl (C=O) groups excluding carboxylic acids is 2. The average molecular weight is 442 g/mol. The van der Waals surface area contributed by atoms with Gasteiger partial charge >= 0.3 is 0 Å². The summed E-state index contributed by atoms with van der Waals surface area (Å²) in [7, 11) is 0. The van der Waals surface area contributed by atoms with E-state index >= 15 is 0 Å². The fourth-order valence-corrected chi connectivity index (χ4v) is 3.39. The second kappa shape index (κ2) is 9.74. The molecule has 0 aliphatic heterocycles. The number of hydrogen-bond donors (Lipinski definition) is 1. The molecule has 3 rings (SSSR count). The molecule has 0 radical (unpaired) electrons. The molecule has 9 heteroatoms. The van der Waals surface area contributed by atoms with Crippen molar-refractivity contribution >= 4 is 23.3 Å². The predicted octanol–water partition coefficient (Wildman–Crippen LogP) is 3.76. The Bertz CT molecular complexity index is 1030. The molecule has 31 heavy (non-hydrogen) atoms. The van der Waals surface area contributed by atoms with Crippen molar-refractivity contribution in [2.75, 3.05) is 0 Å². The molecule has 2 heterocycles. The van der Waals surface area contributed by atoms with E-state index in [1.807, 2.05) is 20.8 Å². The Morgan fingerprint density at radius 3 is 2.55 bits per heavy atom. The van der Waals surface area contributed by atoms with E-state index in [2.05, 4.69) is 19.9 Å². The first kappa shape index (κ1) is 22.5. The van der Waals surface area contributed by atoms with Crippen LogP contribution >= 0.6 is 11.5 Å². The van der Waals surface area contributed by atoms with Gasteiger partial charge in [0.2, 0.25) is 5.91 Å². The quantitative estimate of drug-likeness (QED) is 0.575. The maximum Gasteiger partial charge on any atom is 0.276 e. The summed E-state index contributed by atoms with van der Waals surface area (Å²) < 4.78 is 18.2. The number of pyridine rings is 1. The SMILES string of the molecule is CCC(C)(C)NC(=O)[C@@H](c1ccccn1)N(Cc1ccccc1F)C(=O)c1csnn1. The maximum atomic E-state index is 14.5. The van der Waals surface area contributed by atoms with E-state index in [-0.39, 0.29) is 17.8 Å². The highest BCUT2D eigenvalue weighted by Gasteiger charge is 2.36. The molecule has 7 nitrogen and oxygen atoms in total. The summed E-state index contributed by atoms with van der Waals surface area (Å²) >= 11 is 1.03. The molecule has 0 bridgehead atoms. The minimum Gasteiger partial charge on any atom is -0.349 e. The molecule has 0 aliphatic carbocycles. The first-order valence-corrected chi connectivity index (χ1v) is 10.7. The lowest BCUT2D eigenvalue weighted by atomic mass is 10.00. The lowest BCUT2D eigenvalue weighted by Crippen LogP contribution is -2.50. The van der Waals surface area contributed by atoms with Crippen LogP contribution in [0.15, 0.2) is 54.0 Å². The van der Waals surface area contributed by atoms with Crippen molar-refractivity contribution in [1.82, 2.24) is 24.8 Å². The molecule has 1 aromatic carbocycles. The minimum absolute atomic E-state index is 0.0878. The first-order chi connectivity index (χ1) is 14.8. The Balaban J connectivity index is 2.08. The van der Waals surface area contributed by atoms with Crippen LogP contribution in [0, 0.1) is 5.82 Å². The van der Waals surface area contributed by atoms with Gasteiger partial charge in [-0.3, -0.25) is 14.6 Å². The molecule has 1 N–H and O–H groups in total. The fraction of sp³-hybridized carbons (Fsp3) is 0.318. The maximum absolute atomic E-state index is 14.5. The number of hydrogen-bond acceptors (Lipinski definition) is 6. The topological polar surface area (TPSA) is 88.1 Å². The van der Waals surface area contributed by atoms with Crippen LogP contribution in [0.3, 0.4) is 0 Å². The zero-order valence-corrected chi connectivity index (χ0v) is 18.4. The van der Waals surface area contributed by atoms with Gasteiger partial charge in [-0.1, -0.05) is 35.7 Å². The van der Waals surface area contributed by atoms with E-state index in [0.717, 1.165) is 11.5 Å². The van der Waals surface area contributed by atoms with Crippen LogP contribution in [-0.2, 0) is 11.3 Å². The molecule has 2 amide bonds. The van der Waals surface area contributed by atoms with Crippen LogP contribution in [0.4, 0.5) is 4.39 Å². The van der Waals surface area contributed by atoms with Gasteiger partial charge in [-0.2, -0.15) is 0 Å². The molecule has 3 aromatic rings. The number of benzene rings is 1. The lowest BCUT2D eigenvalue weighted by Gasteiger charge is -2.33. The van der Waals surface area contributed by atoms with Crippen molar-refractivity contribution in [2.45, 2.75) is 45.3 Å². The van der Waals surface area contributed by atoms with E-state index in [0.29, 0.717) is 12.1 Å². The summed E-state index contributed by atoms with van der Waals surface area (Å²) in [5.74, 6) is -1.40. The average Bonchev–Trinajstić information content (AvgIpc) is 3.29. The Morgan fingerprint density at radius 2 is 1.94 bits per heavy atom. The number of carbonyl (C=O) groups is 2. The Kier molecular flexibility index (Phi) is 7.06. The molecule has 0 fully saturated rings. The molecule has 0 aliphatic rings. The third-order valence-corrected chi connectivity index (χ3v) is 5.52. The molecule has 0 spiro atoms. The second-order valence-corrected chi connectivity index (χ2v) is 8.31. The minimum atomic E-state index is -1.08. The normalized spacial score (nSPS) is 12.3. The first-order valence-electron chi connectivity index (χ1n) is 9.87. The van der Waals surface area contributed by atoms with Crippen LogP contribution in [0.1, 0.15) is 55.0 Å². The Morgan fingerprint density at radius 1 is 1.19 bits per heavy atom. The van der Waals surface area contributed by atoms with Crippen molar-refractivity contribution in [3.63, 3.8) is 0 Å². The summed E-state index contributed by atoms with van der Waals surface area (Å²) in [6.45, 7) is 5.62. The molecule has 0 unspecified atom stereocenters. The smallest absolute Gasteiger partial charge is 0.276 e. The van der Waals surface area contributed by atoms with Crippen LogP contribution < -0.4 is 5.32 Å². The van der Waals surface area contributed by atoms with Gasteiger partial charge in [-0.05, 0) is 50.0 Å². The summed E-state index contributed by atoms with van der Waals surface area (Å²) in [4.78, 5) is 32.4. The van der Waals surface area contributed by atoms with E-state index in [9.17, 15) is 14.0 Å². The van der Waals surface area contributed by atoms with Crippen molar-refractivity contribution in [2.24, 2.45) is 0 Å². The largest absolute Gasteiger partial charge is 0.349 e. The predicted molar refractivity (Wildman–Crippen MR) is 116 cm³/mol. The second-order valence-electron chi connectivity index (χ2n) is 7.70. The zero-order valence-electron chi connectivity index (χ0n) is 17.6. The molecule has 1 atom stereocenters. The van der Waals surface area contributed by atoms with E-state index < -0.39 is 29.2 Å². The van der Waals surface area contributed by atoms with Gasteiger partial charge < -0.3 is 10.2 Å². The van der Waals surface area contributed by atoms with Gasteiger partial charge in [-0.25, -0.2) is 4.39 Å². The van der Waals surface area contributed by atoms with Gasteiger partial charge in [0.15, 0.2) is 11.7 Å². The highest BCUT2D eigenvalue weighted by Crippen LogP contribution is 2.26. The number of rotatable bonds is 8. The van der Waals surface area contributed by atoms with Crippen LogP contribution in [0.25, 0.3) is 0 Å². The Labute approximate surface area is 184 Å². The monoisotopic (exact) mass is 441 g/mol. The number of amides is 2. The Hall–Kier alpha value is -3.20. The van der Waals surface area contributed by atoms with E-state index in [4.69, 9.17) is 0 Å². The highest BCUT2D eigenvalue weighted by atomic mass is 32.1. The number of nitrogens with one attached hydrogen (secondary N) is 1. The van der Waals surface area contributed by atoms with Gasteiger partial charge in [-0.15, -0.1) is 5.10 Å². The summed E-state index contributed by atoms with van der Waals surface area (Å²) in [5, 5.41) is 8.34. The number of halogens is 1. The van der Waals surface area contributed by atoms with Crippen LogP contribution in [0.2, 0.25) is 0 Å². The third kappa shape index (κ3) is 5.49. The molecular weight excluding hydrogens is 417 g/mol. The van der Waals surface area contributed by atoms with Crippen LogP contribution in [-0.4, -0.2) is 36.8 Å². The van der Waals surface area contributed by atoms with Gasteiger partial charge in [0.1, 0.15) is 5.82 Å². The lowest BCUT2D eigenvalue weighted by molar-refractivity contribution is -0.128. The van der Waals surface area contributed by atoms with Crippen molar-refractivity contribution in [1.29, 1.82) is 0 Å². The summed E-state index contributed by atoms with van der Waals surface area (Å²) in [6.07, 6.45) is 2.24. The van der Waals surface area contributed by atoms with Gasteiger partial charge in [0.05, 0.1) is 12.2 Å². The fourth-order valence-electron chi connectivity index (χ4n) is 2.96. The zero-order chi connectivity index (χ0) is 22.4. The van der Waals surface area contributed by atoms with E-state index in [1.165, 1.54) is 16.3 Å². The van der Waals surface area contributed by atoms with Crippen molar-refractivity contribution in [3.8, 4) is 0 Å². The van der Waals surface area contributed by atoms with E-state index in [1.54, 1.807) is 42.6 Å². The summed E-state index contributed by atoms with van der Waals surface area (Å²) in [6, 6.07) is 10.2. The number of nitrogens with zero attached hydrogens (tertiary/aromatic N) is 4. The van der Waals surface area contributed by atoms with Crippen molar-refractivity contribution < 1.29 is 14.0 Å². The third-order valence-electron chi connectivity index (χ3n) is 5.01. The molecule has 0 saturated heterocycles. The standard InChI is InChI=1S/C22H24FN5O2S/c1-4-22(2,3)25-20(29)19(17-11-7-8-12-24-17)28(21(30)18-14-31-27-26-18)13-15-9-5-6-10-16(15)23/h5-12,14,19H,4,13H2,1-3H3,(H,25,29)/t19-/m1/s1. The van der Waals surface area contributed by atoms with Gasteiger partial charge in [0, 0.05) is 22.7 Å². The highest BCUT2D eigenvalue weighted by molar-refractivity contribution is 7.03. The molecule has 0 saturated carbocycles. The summed E-state index contributed by atoms with van der Waals surface area (Å²) in [5.41, 5.74) is 0.242. The van der Waals surface area contributed by atoms with Crippen molar-refractivity contribution in [3.05, 3.63) is 76.8 Å². The number of aromatic nitrogens is 3. The van der Waals surface area contributed by atoms with Gasteiger partial charge in [0.25, 0.3) is 5.91 Å². The molecule has 162 valence electrons.